The Morgan fingerprint density at radius 2 is 2.19 bits per heavy atom. The lowest BCUT2D eigenvalue weighted by Gasteiger charge is -2.05. The van der Waals surface area contributed by atoms with Crippen molar-refractivity contribution in [2.45, 2.75) is 26.3 Å². The predicted molar refractivity (Wildman–Crippen MR) is 62.5 cm³/mol. The monoisotopic (exact) mass is 219 g/mol. The molecule has 0 aliphatic heterocycles. The van der Waals surface area contributed by atoms with Crippen LogP contribution in [0.3, 0.4) is 0 Å². The zero-order valence-electron chi connectivity index (χ0n) is 9.67. The van der Waals surface area contributed by atoms with E-state index in [4.69, 9.17) is 5.73 Å². The van der Waals surface area contributed by atoms with Crippen molar-refractivity contribution in [2.75, 3.05) is 6.54 Å². The number of hydrogen-bond donors (Lipinski definition) is 1. The van der Waals surface area contributed by atoms with Crippen LogP contribution in [0, 0.1) is 0 Å². The van der Waals surface area contributed by atoms with Gasteiger partial charge >= 0.3 is 0 Å². The van der Waals surface area contributed by atoms with Gasteiger partial charge in [0.1, 0.15) is 0 Å². The maximum Gasteiger partial charge on any atom is 0.0995 e. The van der Waals surface area contributed by atoms with E-state index in [-0.39, 0.29) is 0 Å². The molecule has 2 rings (SSSR count). The van der Waals surface area contributed by atoms with Crippen LogP contribution in [0.1, 0.15) is 25.6 Å². The molecule has 0 radical (unpaired) electrons. The molecule has 16 heavy (non-hydrogen) atoms. The molecule has 0 aromatic carbocycles. The third-order valence-corrected chi connectivity index (χ3v) is 2.51. The fourth-order valence-corrected chi connectivity index (χ4v) is 1.62. The lowest BCUT2D eigenvalue weighted by molar-refractivity contribution is 0.532. The first kappa shape index (κ1) is 10.9. The van der Waals surface area contributed by atoms with Gasteiger partial charge in [0.15, 0.2) is 0 Å². The molecule has 0 bridgehead atoms. The van der Waals surface area contributed by atoms with Gasteiger partial charge in [0.05, 0.1) is 18.2 Å². The molecule has 86 valence electrons. The molecule has 0 aliphatic rings. The van der Waals surface area contributed by atoms with Crippen LogP contribution in [0.25, 0.3) is 5.69 Å². The molecular formula is C11H17N5. The summed E-state index contributed by atoms with van der Waals surface area (Å²) >= 11 is 0. The number of imidazole rings is 1. The van der Waals surface area contributed by atoms with E-state index >= 15 is 0 Å². The van der Waals surface area contributed by atoms with Crippen molar-refractivity contribution < 1.29 is 0 Å². The first-order chi connectivity index (χ1) is 7.72. The summed E-state index contributed by atoms with van der Waals surface area (Å²) in [4.78, 5) is 4.14. The maximum atomic E-state index is 5.56. The molecule has 0 spiro atoms. The Morgan fingerprint density at radius 3 is 2.81 bits per heavy atom. The zero-order valence-corrected chi connectivity index (χ0v) is 9.67. The van der Waals surface area contributed by atoms with Gasteiger partial charge in [0, 0.05) is 30.6 Å². The van der Waals surface area contributed by atoms with Crippen LogP contribution in [0.5, 0.6) is 0 Å². The van der Waals surface area contributed by atoms with Gasteiger partial charge in [-0.2, -0.15) is 5.10 Å². The topological polar surface area (TPSA) is 61.7 Å². The molecule has 0 saturated heterocycles. The van der Waals surface area contributed by atoms with E-state index in [1.807, 2.05) is 27.8 Å². The van der Waals surface area contributed by atoms with Gasteiger partial charge in [-0.05, 0) is 20.4 Å². The molecule has 2 aromatic rings. The highest BCUT2D eigenvalue weighted by Crippen LogP contribution is 2.12. The average Bonchev–Trinajstić information content (AvgIpc) is 2.84. The second-order valence-electron chi connectivity index (χ2n) is 4.07. The van der Waals surface area contributed by atoms with E-state index in [1.165, 1.54) is 0 Å². The summed E-state index contributed by atoms with van der Waals surface area (Å²) in [5.74, 6) is 0. The summed E-state index contributed by atoms with van der Waals surface area (Å²) in [7, 11) is 0. The van der Waals surface area contributed by atoms with Crippen molar-refractivity contribution in [3.63, 3.8) is 0 Å². The lowest BCUT2D eigenvalue weighted by Crippen LogP contribution is -2.07. The van der Waals surface area contributed by atoms with E-state index in [0.717, 1.165) is 17.8 Å². The third-order valence-electron chi connectivity index (χ3n) is 2.51. The molecule has 2 N–H and O–H groups in total. The standard InChI is InChI=1S/C11H17N5/c1-9(2)16-7-11(6-14-16)15-8-13-5-10(15)3-4-12/h5-9H,3-4,12H2,1-2H3. The van der Waals surface area contributed by atoms with Crippen molar-refractivity contribution in [3.05, 3.63) is 30.6 Å². The van der Waals surface area contributed by atoms with Crippen LogP contribution in [0.15, 0.2) is 24.9 Å². The normalized spacial score (nSPS) is 11.2. The average molecular weight is 219 g/mol. The van der Waals surface area contributed by atoms with Crippen LogP contribution >= 0.6 is 0 Å². The summed E-state index contributed by atoms with van der Waals surface area (Å²) < 4.78 is 3.96. The Kier molecular flexibility index (Phi) is 3.05. The Labute approximate surface area is 94.9 Å². The predicted octanol–water partition coefficient (Wildman–Crippen LogP) is 1.15. The van der Waals surface area contributed by atoms with Crippen molar-refractivity contribution in [1.29, 1.82) is 0 Å². The zero-order chi connectivity index (χ0) is 11.5. The van der Waals surface area contributed by atoms with Gasteiger partial charge in [-0.25, -0.2) is 4.98 Å². The second kappa shape index (κ2) is 4.49. The van der Waals surface area contributed by atoms with Crippen molar-refractivity contribution in [2.24, 2.45) is 5.73 Å². The van der Waals surface area contributed by atoms with E-state index in [2.05, 4.69) is 23.9 Å². The lowest BCUT2D eigenvalue weighted by atomic mass is 10.3. The minimum atomic E-state index is 0.371. The minimum absolute atomic E-state index is 0.371. The van der Waals surface area contributed by atoms with E-state index in [9.17, 15) is 0 Å². The molecule has 2 aromatic heterocycles. The van der Waals surface area contributed by atoms with Gasteiger partial charge in [-0.3, -0.25) is 4.68 Å². The van der Waals surface area contributed by atoms with Crippen molar-refractivity contribution >= 4 is 0 Å². The summed E-state index contributed by atoms with van der Waals surface area (Å²) in [6.07, 6.45) is 8.34. The molecule has 5 nitrogen and oxygen atoms in total. The van der Waals surface area contributed by atoms with Crippen LogP contribution in [-0.4, -0.2) is 25.9 Å². The van der Waals surface area contributed by atoms with Crippen molar-refractivity contribution in [1.82, 2.24) is 19.3 Å². The quantitative estimate of drug-likeness (QED) is 0.839. The summed E-state index contributed by atoms with van der Waals surface area (Å²) in [5, 5.41) is 4.31. The Hall–Kier alpha value is -1.62. The van der Waals surface area contributed by atoms with E-state index in [1.54, 1.807) is 6.33 Å². The Morgan fingerprint density at radius 1 is 1.38 bits per heavy atom. The third kappa shape index (κ3) is 1.99. The van der Waals surface area contributed by atoms with Crippen LogP contribution < -0.4 is 5.73 Å². The highest BCUT2D eigenvalue weighted by molar-refractivity contribution is 5.28. The van der Waals surface area contributed by atoms with Gasteiger partial charge in [-0.1, -0.05) is 0 Å². The van der Waals surface area contributed by atoms with Crippen LogP contribution in [0.2, 0.25) is 0 Å². The molecule has 0 fully saturated rings. The molecule has 0 atom stereocenters. The van der Waals surface area contributed by atoms with Crippen LogP contribution in [0.4, 0.5) is 0 Å². The van der Waals surface area contributed by atoms with E-state index in [0.29, 0.717) is 12.6 Å². The summed E-state index contributed by atoms with van der Waals surface area (Å²) in [6.45, 7) is 4.83. The fraction of sp³-hybridized carbons (Fsp3) is 0.455. The molecule has 0 unspecified atom stereocenters. The van der Waals surface area contributed by atoms with Gasteiger partial charge in [-0.15, -0.1) is 0 Å². The summed E-state index contributed by atoms with van der Waals surface area (Å²) in [6, 6.07) is 0.371. The summed E-state index contributed by atoms with van der Waals surface area (Å²) in [5.41, 5.74) is 7.71. The smallest absolute Gasteiger partial charge is 0.0995 e. The highest BCUT2D eigenvalue weighted by Gasteiger charge is 2.07. The van der Waals surface area contributed by atoms with E-state index < -0.39 is 0 Å². The molecule has 5 heteroatoms. The largest absolute Gasteiger partial charge is 0.330 e. The van der Waals surface area contributed by atoms with Gasteiger partial charge < -0.3 is 10.3 Å². The Balaban J connectivity index is 2.31. The molecular weight excluding hydrogens is 202 g/mol. The molecule has 0 saturated carbocycles. The second-order valence-corrected chi connectivity index (χ2v) is 4.07. The van der Waals surface area contributed by atoms with Gasteiger partial charge in [0.25, 0.3) is 0 Å². The number of rotatable bonds is 4. The maximum absolute atomic E-state index is 5.56. The molecule has 2 heterocycles. The number of nitrogens with two attached hydrogens (primary N) is 1. The number of aromatic nitrogens is 4. The SMILES string of the molecule is CC(C)n1cc(-n2cncc2CCN)cn1. The molecule has 0 amide bonds. The first-order valence-electron chi connectivity index (χ1n) is 5.48. The number of hydrogen-bond acceptors (Lipinski definition) is 3. The number of nitrogens with zero attached hydrogens (tertiary/aromatic N) is 4. The Bertz CT molecular complexity index is 454. The molecule has 0 aliphatic carbocycles. The highest BCUT2D eigenvalue weighted by atomic mass is 15.3. The van der Waals surface area contributed by atoms with Crippen LogP contribution in [-0.2, 0) is 6.42 Å². The van der Waals surface area contributed by atoms with Crippen molar-refractivity contribution in [3.8, 4) is 5.69 Å². The van der Waals surface area contributed by atoms with Gasteiger partial charge in [0.2, 0.25) is 0 Å². The minimum Gasteiger partial charge on any atom is -0.330 e. The fourth-order valence-electron chi connectivity index (χ4n) is 1.62. The first-order valence-corrected chi connectivity index (χ1v) is 5.48.